The third kappa shape index (κ3) is 3.70. The Morgan fingerprint density at radius 1 is 1.38 bits per heavy atom. The van der Waals surface area contributed by atoms with E-state index in [4.69, 9.17) is 11.6 Å². The zero-order valence-corrected chi connectivity index (χ0v) is 14.3. The molecule has 1 aliphatic rings. The first-order valence-corrected chi connectivity index (χ1v) is 7.91. The minimum absolute atomic E-state index is 0.00691. The summed E-state index contributed by atoms with van der Waals surface area (Å²) in [6.07, 6.45) is 0.950. The number of urea groups is 1. The Kier molecular flexibility index (Phi) is 4.52. The van der Waals surface area contributed by atoms with Crippen molar-refractivity contribution in [1.29, 1.82) is 0 Å². The average molecular weight is 309 g/mol. The second-order valence-electron chi connectivity index (χ2n) is 7.17. The number of benzene rings is 1. The predicted molar refractivity (Wildman–Crippen MR) is 88.8 cm³/mol. The van der Waals surface area contributed by atoms with E-state index in [1.165, 1.54) is 0 Å². The summed E-state index contributed by atoms with van der Waals surface area (Å²) in [7, 11) is 1.80. The number of rotatable bonds is 3. The fraction of sp³-hybridized carbons (Fsp3) is 0.588. The van der Waals surface area contributed by atoms with Gasteiger partial charge in [0.1, 0.15) is 0 Å². The molecule has 0 saturated heterocycles. The molecule has 0 aliphatic carbocycles. The van der Waals surface area contributed by atoms with Crippen molar-refractivity contribution in [3.63, 3.8) is 0 Å². The molecule has 1 heterocycles. The van der Waals surface area contributed by atoms with Crippen molar-refractivity contribution < 1.29 is 4.79 Å². The van der Waals surface area contributed by atoms with Crippen molar-refractivity contribution in [1.82, 2.24) is 4.90 Å². The van der Waals surface area contributed by atoms with E-state index >= 15 is 0 Å². The van der Waals surface area contributed by atoms with Crippen molar-refractivity contribution in [2.24, 2.45) is 11.3 Å². The van der Waals surface area contributed by atoms with E-state index in [0.29, 0.717) is 12.5 Å². The molecule has 0 bridgehead atoms. The molecular formula is C17H25ClN2O. The van der Waals surface area contributed by atoms with Gasteiger partial charge < -0.3 is 10.2 Å². The van der Waals surface area contributed by atoms with Gasteiger partial charge in [-0.3, -0.25) is 0 Å². The molecule has 1 aromatic carbocycles. The van der Waals surface area contributed by atoms with Crippen LogP contribution in [0.4, 0.5) is 10.5 Å². The molecule has 116 valence electrons. The van der Waals surface area contributed by atoms with Crippen LogP contribution in [0.2, 0.25) is 0 Å². The molecule has 0 radical (unpaired) electrons. The number of alkyl halides is 1. The summed E-state index contributed by atoms with van der Waals surface area (Å²) < 4.78 is 0. The van der Waals surface area contributed by atoms with Crippen LogP contribution in [0.3, 0.4) is 0 Å². The Balaban J connectivity index is 2.15. The van der Waals surface area contributed by atoms with Gasteiger partial charge in [-0.15, -0.1) is 11.6 Å². The number of halogens is 1. The fourth-order valence-electron chi connectivity index (χ4n) is 2.40. The zero-order chi connectivity index (χ0) is 15.8. The Morgan fingerprint density at radius 3 is 2.67 bits per heavy atom. The Morgan fingerprint density at radius 2 is 2.05 bits per heavy atom. The summed E-state index contributed by atoms with van der Waals surface area (Å²) in [6.45, 7) is 9.63. The number of fused-ring (bicyclic) bond motifs is 1. The lowest BCUT2D eigenvalue weighted by Crippen LogP contribution is -2.35. The first-order chi connectivity index (χ1) is 9.68. The molecule has 2 unspecified atom stereocenters. The molecule has 2 amide bonds. The van der Waals surface area contributed by atoms with Crippen LogP contribution in [0.15, 0.2) is 18.2 Å². The third-order valence-corrected chi connectivity index (χ3v) is 4.96. The van der Waals surface area contributed by atoms with E-state index in [-0.39, 0.29) is 16.8 Å². The van der Waals surface area contributed by atoms with Crippen LogP contribution in [-0.4, -0.2) is 18.0 Å². The molecule has 2 atom stereocenters. The molecule has 0 saturated carbocycles. The van der Waals surface area contributed by atoms with Gasteiger partial charge >= 0.3 is 6.03 Å². The van der Waals surface area contributed by atoms with Crippen LogP contribution in [0.5, 0.6) is 0 Å². The van der Waals surface area contributed by atoms with E-state index in [9.17, 15) is 4.79 Å². The molecule has 4 heteroatoms. The minimum Gasteiger partial charge on any atom is -0.323 e. The van der Waals surface area contributed by atoms with Crippen LogP contribution in [0.1, 0.15) is 50.6 Å². The summed E-state index contributed by atoms with van der Waals surface area (Å²) in [5, 5.41) is 2.89. The molecule has 1 aromatic rings. The predicted octanol–water partition coefficient (Wildman–Crippen LogP) is 5.02. The van der Waals surface area contributed by atoms with Gasteiger partial charge in [0.05, 0.1) is 5.38 Å². The second-order valence-corrected chi connectivity index (χ2v) is 7.70. The lowest BCUT2D eigenvalue weighted by atomic mass is 9.79. The smallest absolute Gasteiger partial charge is 0.321 e. The molecular weight excluding hydrogens is 284 g/mol. The van der Waals surface area contributed by atoms with Gasteiger partial charge in [0.25, 0.3) is 0 Å². The summed E-state index contributed by atoms with van der Waals surface area (Å²) >= 11 is 6.61. The maximum atomic E-state index is 11.6. The standard InChI is InChI=1S/C17H25ClN2O/c1-11(17(2,3)4)8-14(18)12-6-7-15-13(9-12)10-20(5)16(21)19-15/h6-7,9,11,14H,8,10H2,1-5H3,(H,19,21). The third-order valence-electron chi connectivity index (χ3n) is 4.53. The van der Waals surface area contributed by atoms with Gasteiger partial charge in [-0.05, 0) is 34.9 Å². The lowest BCUT2D eigenvalue weighted by molar-refractivity contribution is 0.218. The Labute approximate surface area is 132 Å². The zero-order valence-electron chi connectivity index (χ0n) is 13.5. The van der Waals surface area contributed by atoms with Gasteiger partial charge in [0, 0.05) is 19.3 Å². The highest BCUT2D eigenvalue weighted by Crippen LogP contribution is 2.37. The van der Waals surface area contributed by atoms with Crippen molar-refractivity contribution in [3.8, 4) is 0 Å². The largest absolute Gasteiger partial charge is 0.323 e. The molecule has 21 heavy (non-hydrogen) atoms. The quantitative estimate of drug-likeness (QED) is 0.782. The average Bonchev–Trinajstić information content (AvgIpc) is 2.38. The molecule has 2 rings (SSSR count). The van der Waals surface area contributed by atoms with Crippen LogP contribution >= 0.6 is 11.6 Å². The first kappa shape index (κ1) is 16.2. The van der Waals surface area contributed by atoms with Gasteiger partial charge in [-0.2, -0.15) is 0 Å². The highest BCUT2D eigenvalue weighted by molar-refractivity contribution is 6.20. The molecule has 0 fully saturated rings. The second kappa shape index (κ2) is 5.88. The summed E-state index contributed by atoms with van der Waals surface area (Å²) in [4.78, 5) is 13.3. The first-order valence-electron chi connectivity index (χ1n) is 7.47. The molecule has 3 nitrogen and oxygen atoms in total. The number of hydrogen-bond donors (Lipinski definition) is 1. The summed E-state index contributed by atoms with van der Waals surface area (Å²) in [5.41, 5.74) is 3.42. The van der Waals surface area contributed by atoms with Gasteiger partial charge in [0.15, 0.2) is 0 Å². The van der Waals surface area contributed by atoms with E-state index in [1.54, 1.807) is 11.9 Å². The van der Waals surface area contributed by atoms with E-state index in [0.717, 1.165) is 23.2 Å². The number of nitrogens with zero attached hydrogens (tertiary/aromatic N) is 1. The molecule has 0 aromatic heterocycles. The monoisotopic (exact) mass is 308 g/mol. The SMILES string of the molecule is CC(CC(Cl)c1ccc2c(c1)CN(C)C(=O)N2)C(C)(C)C. The number of anilines is 1. The lowest BCUT2D eigenvalue weighted by Gasteiger charge is -2.30. The number of carbonyl (C=O) groups excluding carboxylic acids is 1. The number of amides is 2. The maximum absolute atomic E-state index is 11.6. The van der Waals surface area contributed by atoms with Gasteiger partial charge in [-0.1, -0.05) is 39.8 Å². The van der Waals surface area contributed by atoms with Crippen LogP contribution < -0.4 is 5.32 Å². The van der Waals surface area contributed by atoms with Crippen molar-refractivity contribution in [2.75, 3.05) is 12.4 Å². The fourth-order valence-corrected chi connectivity index (χ4v) is 2.80. The molecule has 1 N–H and O–H groups in total. The van der Waals surface area contributed by atoms with Crippen LogP contribution in [0.25, 0.3) is 0 Å². The highest BCUT2D eigenvalue weighted by Gasteiger charge is 2.25. The van der Waals surface area contributed by atoms with E-state index in [2.05, 4.69) is 39.1 Å². The van der Waals surface area contributed by atoms with Gasteiger partial charge in [0.2, 0.25) is 0 Å². The number of nitrogens with one attached hydrogen (secondary N) is 1. The van der Waals surface area contributed by atoms with Crippen molar-refractivity contribution in [3.05, 3.63) is 29.3 Å². The normalized spacial score (nSPS) is 18.0. The van der Waals surface area contributed by atoms with E-state index < -0.39 is 0 Å². The topological polar surface area (TPSA) is 32.3 Å². The molecule has 1 aliphatic heterocycles. The van der Waals surface area contributed by atoms with Crippen LogP contribution in [0, 0.1) is 11.3 Å². The Bertz CT molecular complexity index is 536. The summed E-state index contributed by atoms with van der Waals surface area (Å²) in [5.74, 6) is 0.540. The van der Waals surface area contributed by atoms with Crippen molar-refractivity contribution >= 4 is 23.3 Å². The Hall–Kier alpha value is -1.22. The summed E-state index contributed by atoms with van der Waals surface area (Å²) in [6, 6.07) is 6.06. The minimum atomic E-state index is -0.0565. The van der Waals surface area contributed by atoms with Crippen LogP contribution in [-0.2, 0) is 6.54 Å². The van der Waals surface area contributed by atoms with Gasteiger partial charge in [-0.25, -0.2) is 4.79 Å². The van der Waals surface area contributed by atoms with Crippen molar-refractivity contribution in [2.45, 2.75) is 46.0 Å². The van der Waals surface area contributed by atoms with E-state index in [1.807, 2.05) is 12.1 Å². The highest BCUT2D eigenvalue weighted by atomic mass is 35.5. The number of hydrogen-bond acceptors (Lipinski definition) is 1. The maximum Gasteiger partial charge on any atom is 0.321 e. The molecule has 0 spiro atoms. The number of carbonyl (C=O) groups is 1.